The fourth-order valence-corrected chi connectivity index (χ4v) is 2.83. The number of hydroxylamine groups is 1. The van der Waals surface area contributed by atoms with Crippen molar-refractivity contribution in [3.8, 4) is 5.75 Å². The van der Waals surface area contributed by atoms with Crippen LogP contribution in [0.15, 0.2) is 42.6 Å². The molecule has 0 aliphatic carbocycles. The van der Waals surface area contributed by atoms with E-state index in [1.807, 2.05) is 30.3 Å². The molecule has 26 heavy (non-hydrogen) atoms. The van der Waals surface area contributed by atoms with Crippen LogP contribution in [-0.4, -0.2) is 37.7 Å². The van der Waals surface area contributed by atoms with E-state index in [2.05, 4.69) is 10.3 Å². The highest BCUT2D eigenvalue weighted by molar-refractivity contribution is 5.94. The molecule has 0 bridgehead atoms. The molecule has 0 spiro atoms. The van der Waals surface area contributed by atoms with Crippen LogP contribution in [0.4, 0.5) is 5.82 Å². The molecule has 1 N–H and O–H groups in total. The van der Waals surface area contributed by atoms with Crippen LogP contribution in [0.1, 0.15) is 35.2 Å². The first kappa shape index (κ1) is 18.2. The normalized spacial score (nSPS) is 14.1. The monoisotopic (exact) mass is 355 g/mol. The molecule has 2 heterocycles. The van der Waals surface area contributed by atoms with E-state index in [0.29, 0.717) is 12.1 Å². The van der Waals surface area contributed by atoms with Crippen molar-refractivity contribution >= 4 is 11.7 Å². The van der Waals surface area contributed by atoms with Gasteiger partial charge in [-0.1, -0.05) is 12.1 Å². The van der Waals surface area contributed by atoms with E-state index in [1.54, 1.807) is 24.4 Å². The molecule has 0 saturated carbocycles. The molecule has 1 aromatic carbocycles. The van der Waals surface area contributed by atoms with Gasteiger partial charge < -0.3 is 10.1 Å². The Labute approximate surface area is 154 Å². The van der Waals surface area contributed by atoms with Crippen molar-refractivity contribution in [2.45, 2.75) is 25.7 Å². The minimum atomic E-state index is -0.0988. The Morgan fingerprint density at radius 2 is 2.08 bits per heavy atom. The van der Waals surface area contributed by atoms with Gasteiger partial charge in [-0.3, -0.25) is 9.63 Å². The summed E-state index contributed by atoms with van der Waals surface area (Å²) in [6.45, 7) is 2.18. The van der Waals surface area contributed by atoms with Crippen molar-refractivity contribution in [3.05, 3.63) is 53.7 Å². The predicted octanol–water partition coefficient (Wildman–Crippen LogP) is 2.98. The summed E-state index contributed by atoms with van der Waals surface area (Å²) in [5.41, 5.74) is 1.79. The number of hydrogen-bond acceptors (Lipinski definition) is 5. The Hall–Kier alpha value is -2.60. The lowest BCUT2D eigenvalue weighted by Gasteiger charge is -2.26. The van der Waals surface area contributed by atoms with Crippen molar-refractivity contribution in [1.82, 2.24) is 10.3 Å². The molecular weight excluding hydrogens is 330 g/mol. The van der Waals surface area contributed by atoms with Crippen LogP contribution in [0.25, 0.3) is 0 Å². The zero-order valence-corrected chi connectivity index (χ0v) is 15.1. The average molecular weight is 355 g/mol. The summed E-state index contributed by atoms with van der Waals surface area (Å²) in [5.74, 6) is 1.51. The van der Waals surface area contributed by atoms with E-state index in [-0.39, 0.29) is 5.91 Å². The van der Waals surface area contributed by atoms with E-state index in [0.717, 1.165) is 50.4 Å². The van der Waals surface area contributed by atoms with Crippen LogP contribution in [0.3, 0.4) is 0 Å². The van der Waals surface area contributed by atoms with Crippen molar-refractivity contribution in [3.63, 3.8) is 0 Å². The standard InChI is InChI=1S/C20H25N3O3/c1-25-18-9-6-16(7-10-18)5-4-12-21-20(24)17-8-11-19(22-15-17)23-13-2-3-14-26-23/h6-11,15H,2-5,12-14H2,1H3,(H,21,24). The van der Waals surface area contributed by atoms with Crippen molar-refractivity contribution in [2.24, 2.45) is 0 Å². The van der Waals surface area contributed by atoms with Gasteiger partial charge in [0.15, 0.2) is 5.82 Å². The number of benzene rings is 1. The van der Waals surface area contributed by atoms with Gasteiger partial charge in [-0.2, -0.15) is 0 Å². The maximum Gasteiger partial charge on any atom is 0.252 e. The molecule has 138 valence electrons. The molecule has 0 atom stereocenters. The summed E-state index contributed by atoms with van der Waals surface area (Å²) in [7, 11) is 1.66. The Morgan fingerprint density at radius 3 is 2.73 bits per heavy atom. The summed E-state index contributed by atoms with van der Waals surface area (Å²) in [5, 5.41) is 4.73. The number of anilines is 1. The van der Waals surface area contributed by atoms with Crippen molar-refractivity contribution in [2.75, 3.05) is 31.9 Å². The minimum absolute atomic E-state index is 0.0988. The van der Waals surface area contributed by atoms with E-state index in [1.165, 1.54) is 5.56 Å². The van der Waals surface area contributed by atoms with Gasteiger partial charge in [0.25, 0.3) is 5.91 Å². The van der Waals surface area contributed by atoms with Crippen LogP contribution < -0.4 is 15.1 Å². The van der Waals surface area contributed by atoms with Gasteiger partial charge in [0, 0.05) is 19.3 Å². The lowest BCUT2D eigenvalue weighted by Crippen LogP contribution is -2.30. The fourth-order valence-electron chi connectivity index (χ4n) is 2.83. The van der Waals surface area contributed by atoms with Crippen molar-refractivity contribution < 1.29 is 14.4 Å². The summed E-state index contributed by atoms with van der Waals surface area (Å²) in [6, 6.07) is 11.6. The van der Waals surface area contributed by atoms with E-state index in [9.17, 15) is 4.79 Å². The number of nitrogens with one attached hydrogen (secondary N) is 1. The molecule has 2 aromatic rings. The number of carbonyl (C=O) groups is 1. The Bertz CT molecular complexity index is 695. The number of aromatic nitrogens is 1. The number of nitrogens with zero attached hydrogens (tertiary/aromatic N) is 2. The number of methoxy groups -OCH3 is 1. The van der Waals surface area contributed by atoms with Gasteiger partial charge in [0.2, 0.25) is 0 Å². The highest BCUT2D eigenvalue weighted by Gasteiger charge is 2.14. The quantitative estimate of drug-likeness (QED) is 0.774. The second-order valence-corrected chi connectivity index (χ2v) is 6.26. The van der Waals surface area contributed by atoms with E-state index >= 15 is 0 Å². The number of carbonyl (C=O) groups excluding carboxylic acids is 1. The third kappa shape index (κ3) is 4.95. The van der Waals surface area contributed by atoms with Crippen LogP contribution in [0, 0.1) is 0 Å². The molecule has 1 aliphatic heterocycles. The molecule has 6 nitrogen and oxygen atoms in total. The molecule has 1 aliphatic rings. The number of ether oxygens (including phenoxy) is 1. The molecule has 1 aromatic heterocycles. The summed E-state index contributed by atoms with van der Waals surface area (Å²) in [4.78, 5) is 22.1. The van der Waals surface area contributed by atoms with Crippen LogP contribution in [0.2, 0.25) is 0 Å². The lowest BCUT2D eigenvalue weighted by molar-refractivity contribution is 0.0761. The fraction of sp³-hybridized carbons (Fsp3) is 0.400. The van der Waals surface area contributed by atoms with Gasteiger partial charge >= 0.3 is 0 Å². The third-order valence-corrected chi connectivity index (χ3v) is 4.36. The number of pyridine rings is 1. The number of amides is 1. The average Bonchev–Trinajstić information content (AvgIpc) is 2.72. The second-order valence-electron chi connectivity index (χ2n) is 6.26. The molecule has 1 fully saturated rings. The first-order valence-corrected chi connectivity index (χ1v) is 9.04. The van der Waals surface area contributed by atoms with Gasteiger partial charge in [0.05, 0.1) is 19.3 Å². The molecule has 1 amide bonds. The SMILES string of the molecule is COc1ccc(CCCNC(=O)c2ccc(N3CCCCO3)nc2)cc1. The second kappa shape index (κ2) is 9.20. The van der Waals surface area contributed by atoms with Gasteiger partial charge in [-0.05, 0) is 55.5 Å². The maximum absolute atomic E-state index is 12.2. The number of aryl methyl sites for hydroxylation is 1. The predicted molar refractivity (Wildman–Crippen MR) is 100 cm³/mol. The molecule has 1 saturated heterocycles. The first-order valence-electron chi connectivity index (χ1n) is 9.04. The van der Waals surface area contributed by atoms with Gasteiger partial charge in [-0.25, -0.2) is 10.0 Å². The maximum atomic E-state index is 12.2. The molecule has 3 rings (SSSR count). The van der Waals surface area contributed by atoms with Crippen LogP contribution in [-0.2, 0) is 11.3 Å². The largest absolute Gasteiger partial charge is 0.497 e. The molecule has 6 heteroatoms. The Morgan fingerprint density at radius 1 is 1.23 bits per heavy atom. The van der Waals surface area contributed by atoms with Crippen LogP contribution >= 0.6 is 0 Å². The highest BCUT2D eigenvalue weighted by atomic mass is 16.7. The Kier molecular flexibility index (Phi) is 6.44. The van der Waals surface area contributed by atoms with Crippen molar-refractivity contribution in [1.29, 1.82) is 0 Å². The van der Waals surface area contributed by atoms with Crippen LogP contribution in [0.5, 0.6) is 5.75 Å². The van der Waals surface area contributed by atoms with Gasteiger partial charge in [0.1, 0.15) is 5.75 Å². The molecule has 0 radical (unpaired) electrons. The lowest BCUT2D eigenvalue weighted by atomic mass is 10.1. The van der Waals surface area contributed by atoms with Gasteiger partial charge in [-0.15, -0.1) is 0 Å². The Balaban J connectivity index is 1.42. The molecule has 0 unspecified atom stereocenters. The summed E-state index contributed by atoms with van der Waals surface area (Å²) < 4.78 is 5.15. The third-order valence-electron chi connectivity index (χ3n) is 4.36. The zero-order valence-electron chi connectivity index (χ0n) is 15.1. The minimum Gasteiger partial charge on any atom is -0.497 e. The summed E-state index contributed by atoms with van der Waals surface area (Å²) >= 11 is 0. The topological polar surface area (TPSA) is 63.7 Å². The first-order chi connectivity index (χ1) is 12.8. The number of rotatable bonds is 7. The molecular formula is C20H25N3O3. The zero-order chi connectivity index (χ0) is 18.2. The highest BCUT2D eigenvalue weighted by Crippen LogP contribution is 2.16. The summed E-state index contributed by atoms with van der Waals surface area (Å²) in [6.07, 6.45) is 5.57. The number of hydrogen-bond donors (Lipinski definition) is 1. The van der Waals surface area contributed by atoms with E-state index in [4.69, 9.17) is 9.57 Å². The van der Waals surface area contributed by atoms with E-state index < -0.39 is 0 Å². The smallest absolute Gasteiger partial charge is 0.252 e.